The van der Waals surface area contributed by atoms with E-state index in [0.717, 1.165) is 11.6 Å². The van der Waals surface area contributed by atoms with Gasteiger partial charge in [-0.25, -0.2) is 0 Å². The summed E-state index contributed by atoms with van der Waals surface area (Å²) < 4.78 is 5.10. The van der Waals surface area contributed by atoms with E-state index in [4.69, 9.17) is 0 Å². The number of benzene rings is 6. The van der Waals surface area contributed by atoms with Gasteiger partial charge in [-0.3, -0.25) is 19.6 Å². The predicted octanol–water partition coefficient (Wildman–Crippen LogP) is 16.2. The second-order valence-corrected chi connectivity index (χ2v) is 19.6. The highest BCUT2D eigenvalue weighted by Gasteiger charge is 2.46. The number of anilines is 8. The lowest BCUT2D eigenvalue weighted by atomic mass is 10.1. The Morgan fingerprint density at radius 2 is 0.517 bits per heavy atom. The van der Waals surface area contributed by atoms with Crippen molar-refractivity contribution in [2.75, 3.05) is 19.6 Å². The summed E-state index contributed by atoms with van der Waals surface area (Å²) in [4.78, 5) is 10.3. The van der Waals surface area contributed by atoms with Gasteiger partial charge >= 0.3 is 0 Å². The minimum Gasteiger partial charge on any atom is -0.282 e. The van der Waals surface area contributed by atoms with Gasteiger partial charge in [0.05, 0.1) is 22.7 Å². The number of hydrogen-bond donors (Lipinski definition) is 0. The summed E-state index contributed by atoms with van der Waals surface area (Å²) >= 11 is 7.44. The van der Waals surface area contributed by atoms with E-state index in [0.29, 0.717) is 0 Å². The first-order chi connectivity index (χ1) is 28.4. The van der Waals surface area contributed by atoms with E-state index in [-0.39, 0.29) is 0 Å². The molecule has 10 aromatic rings. The fraction of sp³-hybridized carbons (Fsp3) is 0.0800. The number of rotatable bonds is 4. The van der Waals surface area contributed by atoms with Gasteiger partial charge in [-0.15, -0.1) is 45.3 Å². The molecule has 0 unspecified atom stereocenters. The number of nitrogens with zero attached hydrogens (tertiary/aromatic N) is 4. The van der Waals surface area contributed by atoms with Crippen LogP contribution < -0.4 is 19.6 Å². The van der Waals surface area contributed by atoms with E-state index < -0.39 is 0 Å². The van der Waals surface area contributed by atoms with E-state index in [1.807, 2.05) is 45.3 Å². The maximum absolute atomic E-state index is 2.57. The van der Waals surface area contributed by atoms with E-state index in [1.165, 1.54) is 105 Å². The van der Waals surface area contributed by atoms with E-state index >= 15 is 0 Å². The number of hydrogen-bond acceptors (Lipinski definition) is 8. The molecule has 0 atom stereocenters. The average molecular weight is 821 g/mol. The van der Waals surface area contributed by atoms with Crippen LogP contribution in [0.5, 0.6) is 0 Å². The molecule has 8 heteroatoms. The third kappa shape index (κ3) is 5.09. The van der Waals surface area contributed by atoms with Crippen LogP contribution in [0.2, 0.25) is 0 Å². The molecular formula is C50H36N4S4. The summed E-state index contributed by atoms with van der Waals surface area (Å²) in [5.41, 5.74) is 9.84. The average Bonchev–Trinajstić information content (AvgIpc) is 4.08. The summed E-state index contributed by atoms with van der Waals surface area (Å²) in [5.74, 6) is 2.22. The van der Waals surface area contributed by atoms with Crippen LogP contribution in [-0.4, -0.2) is 0 Å². The lowest BCUT2D eigenvalue weighted by Crippen LogP contribution is -2.32. The molecule has 6 heterocycles. The van der Waals surface area contributed by atoms with Gasteiger partial charge in [0, 0.05) is 18.8 Å². The molecule has 0 saturated heterocycles. The zero-order valence-corrected chi connectivity index (χ0v) is 35.5. The molecule has 4 aromatic heterocycles. The van der Waals surface area contributed by atoms with Crippen LogP contribution in [0.1, 0.15) is 22.3 Å². The first-order valence-corrected chi connectivity index (χ1v) is 22.8. The molecule has 0 N–H and O–H groups in total. The number of aryl methyl sites for hydroxylation is 4. The summed E-state index contributed by atoms with van der Waals surface area (Å²) in [6, 6.07) is 54.4. The normalized spacial score (nSPS) is 14.0. The van der Waals surface area contributed by atoms with Crippen LogP contribution in [-0.2, 0) is 0 Å². The van der Waals surface area contributed by atoms with Gasteiger partial charge < -0.3 is 0 Å². The Morgan fingerprint density at radius 1 is 0.293 bits per heavy atom. The fourth-order valence-corrected chi connectivity index (χ4v) is 12.9. The Labute approximate surface area is 353 Å². The van der Waals surface area contributed by atoms with E-state index in [2.05, 4.69) is 193 Å². The largest absolute Gasteiger partial charge is 0.282 e. The molecule has 280 valence electrons. The third-order valence-electron chi connectivity index (χ3n) is 11.7. The molecule has 0 aliphatic carbocycles. The molecule has 2 aliphatic heterocycles. The van der Waals surface area contributed by atoms with Crippen molar-refractivity contribution in [3.05, 3.63) is 179 Å². The molecule has 0 saturated carbocycles. The van der Waals surface area contributed by atoms with Gasteiger partial charge in [0.15, 0.2) is 11.6 Å². The Morgan fingerprint density at radius 3 is 0.741 bits per heavy atom. The van der Waals surface area contributed by atoms with Crippen molar-refractivity contribution in [3.63, 3.8) is 0 Å². The van der Waals surface area contributed by atoms with Crippen molar-refractivity contribution >= 4 is 128 Å². The molecule has 4 nitrogen and oxygen atoms in total. The van der Waals surface area contributed by atoms with Crippen molar-refractivity contribution < 1.29 is 0 Å². The van der Waals surface area contributed by atoms with E-state index in [9.17, 15) is 0 Å². The molecule has 58 heavy (non-hydrogen) atoms. The second-order valence-electron chi connectivity index (χ2n) is 15.3. The zero-order valence-electron chi connectivity index (χ0n) is 32.3. The van der Waals surface area contributed by atoms with Gasteiger partial charge in [-0.1, -0.05) is 72.8 Å². The second kappa shape index (κ2) is 12.8. The predicted molar refractivity (Wildman–Crippen MR) is 255 cm³/mol. The molecule has 2 aliphatic rings. The maximum Gasteiger partial charge on any atom is 0.167 e. The van der Waals surface area contributed by atoms with Crippen molar-refractivity contribution in [3.8, 4) is 0 Å². The highest BCUT2D eigenvalue weighted by Crippen LogP contribution is 2.61. The topological polar surface area (TPSA) is 13.0 Å². The van der Waals surface area contributed by atoms with Crippen LogP contribution >= 0.6 is 45.3 Å². The van der Waals surface area contributed by atoms with Gasteiger partial charge in [0.25, 0.3) is 0 Å². The molecule has 0 bridgehead atoms. The zero-order chi connectivity index (χ0) is 38.8. The van der Waals surface area contributed by atoms with Crippen molar-refractivity contribution in [1.29, 1.82) is 0 Å². The van der Waals surface area contributed by atoms with Crippen LogP contribution in [0.25, 0.3) is 40.3 Å². The molecule has 0 radical (unpaired) electrons. The lowest BCUT2D eigenvalue weighted by Gasteiger charge is -2.32. The minimum absolute atomic E-state index is 1.11. The van der Waals surface area contributed by atoms with Gasteiger partial charge in [-0.2, -0.15) is 0 Å². The summed E-state index contributed by atoms with van der Waals surface area (Å²) in [5, 5.41) is 9.76. The first-order valence-electron chi connectivity index (χ1n) is 19.5. The van der Waals surface area contributed by atoms with Gasteiger partial charge in [0.1, 0.15) is 20.0 Å². The molecular weight excluding hydrogens is 785 g/mol. The van der Waals surface area contributed by atoms with Crippen LogP contribution in [0.15, 0.2) is 157 Å². The minimum atomic E-state index is 1.11. The van der Waals surface area contributed by atoms with Crippen LogP contribution in [0.4, 0.5) is 42.8 Å². The summed E-state index contributed by atoms with van der Waals surface area (Å²) in [6.45, 7) is 8.99. The Hall–Kier alpha value is -5.90. The maximum atomic E-state index is 2.57. The number of fused-ring (bicyclic) bond motifs is 6. The molecule has 12 rings (SSSR count). The Kier molecular flexibility index (Phi) is 7.54. The highest BCUT2D eigenvalue weighted by molar-refractivity contribution is 7.24. The first kappa shape index (κ1) is 34.2. The van der Waals surface area contributed by atoms with Crippen molar-refractivity contribution in [2.45, 2.75) is 27.7 Å². The molecule has 0 amide bonds. The molecule has 6 aromatic carbocycles. The van der Waals surface area contributed by atoms with Gasteiger partial charge in [0.2, 0.25) is 0 Å². The lowest BCUT2D eigenvalue weighted by molar-refractivity contribution is 1.03. The molecule has 0 spiro atoms. The Balaban J connectivity index is 1.26. The monoisotopic (exact) mass is 820 g/mol. The Bertz CT molecular complexity index is 2770. The smallest absolute Gasteiger partial charge is 0.167 e. The van der Waals surface area contributed by atoms with Crippen molar-refractivity contribution in [1.82, 2.24) is 0 Å². The summed E-state index contributed by atoms with van der Waals surface area (Å²) in [6.07, 6.45) is 0. The number of thiophene rings is 4. The molecule has 0 fully saturated rings. The van der Waals surface area contributed by atoms with Crippen LogP contribution in [0, 0.1) is 27.7 Å². The fourth-order valence-electron chi connectivity index (χ4n) is 8.55. The highest BCUT2D eigenvalue weighted by atomic mass is 32.1. The quantitative estimate of drug-likeness (QED) is 0.175. The standard InChI is InChI=1S/C50H36N4S4/c1-29-21-37-38(22-30(29)2)52(46-26-34-14-6-10-18-42(34)56-46)49(51(37)45-25-33-13-5-9-17-41(33)55-45)50-53(47-27-35-15-7-11-19-43(35)57-47)39-23-31(3)32(4)24-40(39)54(50)48-28-36-16-8-12-20-44(36)58-48/h5-28H,1-4H3. The van der Waals surface area contributed by atoms with Gasteiger partial charge in [-0.05, 0) is 144 Å². The third-order valence-corrected chi connectivity index (χ3v) is 16.1. The van der Waals surface area contributed by atoms with Crippen molar-refractivity contribution in [2.24, 2.45) is 0 Å². The van der Waals surface area contributed by atoms with Crippen LogP contribution in [0.3, 0.4) is 0 Å². The SMILES string of the molecule is Cc1cc2c(cc1C)N(c1cc3ccccc3s1)C(=C1N(c3cc4ccccc4s3)c3cc(C)c(C)cc3N1c1cc3ccccc3s1)N2c1cc2ccccc2s1. The summed E-state index contributed by atoms with van der Waals surface area (Å²) in [7, 11) is 0. The van der Waals surface area contributed by atoms with E-state index in [1.54, 1.807) is 0 Å².